The molecule has 0 unspecified atom stereocenters. The quantitative estimate of drug-likeness (QED) is 0.668. The van der Waals surface area contributed by atoms with Crippen LogP contribution in [0.1, 0.15) is 0 Å². The van der Waals surface area contributed by atoms with Crippen LogP contribution in [0.15, 0.2) is 30.6 Å². The van der Waals surface area contributed by atoms with Crippen molar-refractivity contribution in [2.24, 2.45) is 0 Å². The van der Waals surface area contributed by atoms with Crippen molar-refractivity contribution in [3.8, 4) is 5.69 Å². The summed E-state index contributed by atoms with van der Waals surface area (Å²) >= 11 is 5.02. The summed E-state index contributed by atoms with van der Waals surface area (Å²) in [5, 5.41) is 7.85. The van der Waals surface area contributed by atoms with E-state index in [4.69, 9.17) is 12.2 Å². The van der Waals surface area contributed by atoms with Crippen LogP contribution in [-0.4, -0.2) is 25.0 Å². The number of rotatable bonds is 1. The molecule has 0 radical (unpaired) electrons. The average Bonchev–Trinajstić information content (AvgIpc) is 2.74. The number of H-pyrrole nitrogens is 1. The summed E-state index contributed by atoms with van der Waals surface area (Å²) in [6.45, 7) is 0. The molecule has 0 saturated carbocycles. The number of aromatic nitrogens is 5. The third-order valence-corrected chi connectivity index (χ3v) is 2.61. The van der Waals surface area contributed by atoms with Gasteiger partial charge in [-0.2, -0.15) is 4.68 Å². The van der Waals surface area contributed by atoms with E-state index in [1.54, 1.807) is 12.1 Å². The molecule has 1 N–H and O–H groups in total. The largest absolute Gasteiger partial charge is 0.329 e. The molecule has 2 aromatic heterocycles. The lowest BCUT2D eigenvalue weighted by Crippen LogP contribution is -1.98. The van der Waals surface area contributed by atoms with Gasteiger partial charge in [0.25, 0.3) is 0 Å². The highest BCUT2D eigenvalue weighted by Crippen LogP contribution is 2.14. The molecule has 0 aliphatic heterocycles. The molecule has 0 bridgehead atoms. The first-order chi connectivity index (χ1) is 8.25. The number of aromatic amines is 1. The van der Waals surface area contributed by atoms with Crippen LogP contribution in [0.25, 0.3) is 16.9 Å². The van der Waals surface area contributed by atoms with Crippen LogP contribution < -0.4 is 0 Å². The lowest BCUT2D eigenvalue weighted by molar-refractivity contribution is 0.625. The second kappa shape index (κ2) is 3.70. The molecule has 0 aliphatic rings. The molecule has 5 nitrogen and oxygen atoms in total. The number of nitrogens with one attached hydrogen (secondary N) is 1. The zero-order chi connectivity index (χ0) is 11.8. The van der Waals surface area contributed by atoms with Gasteiger partial charge in [0.15, 0.2) is 15.8 Å². The van der Waals surface area contributed by atoms with Crippen molar-refractivity contribution < 1.29 is 4.39 Å². The first kappa shape index (κ1) is 10.0. The molecule has 7 heteroatoms. The SMILES string of the molecule is Fc1cccc(-n2nnc3c(=S)nc[nH]c32)c1. The van der Waals surface area contributed by atoms with Gasteiger partial charge in [-0.1, -0.05) is 23.5 Å². The zero-order valence-corrected chi connectivity index (χ0v) is 9.28. The summed E-state index contributed by atoms with van der Waals surface area (Å²) in [4.78, 5) is 6.80. The van der Waals surface area contributed by atoms with E-state index in [0.29, 0.717) is 21.5 Å². The van der Waals surface area contributed by atoms with Gasteiger partial charge in [0.05, 0.1) is 12.0 Å². The van der Waals surface area contributed by atoms with Gasteiger partial charge in [0, 0.05) is 0 Å². The molecule has 17 heavy (non-hydrogen) atoms. The Hall–Kier alpha value is -2.15. The number of benzene rings is 1. The number of halogens is 1. The Labute approximate surface area is 99.9 Å². The Morgan fingerprint density at radius 2 is 2.24 bits per heavy atom. The third-order valence-electron chi connectivity index (χ3n) is 2.31. The van der Waals surface area contributed by atoms with Crippen molar-refractivity contribution in [3.05, 3.63) is 41.1 Å². The van der Waals surface area contributed by atoms with Gasteiger partial charge < -0.3 is 4.98 Å². The first-order valence-electron chi connectivity index (χ1n) is 4.81. The summed E-state index contributed by atoms with van der Waals surface area (Å²) in [7, 11) is 0. The van der Waals surface area contributed by atoms with Crippen molar-refractivity contribution >= 4 is 23.4 Å². The smallest absolute Gasteiger partial charge is 0.167 e. The van der Waals surface area contributed by atoms with Gasteiger partial charge in [-0.3, -0.25) is 0 Å². The van der Waals surface area contributed by atoms with Crippen LogP contribution in [0.4, 0.5) is 4.39 Å². The highest BCUT2D eigenvalue weighted by Gasteiger charge is 2.08. The normalized spacial score (nSPS) is 10.9. The lowest BCUT2D eigenvalue weighted by Gasteiger charge is -2.01. The second-order valence-electron chi connectivity index (χ2n) is 3.39. The van der Waals surface area contributed by atoms with Gasteiger partial charge in [0.2, 0.25) is 0 Å². The predicted molar refractivity (Wildman–Crippen MR) is 61.8 cm³/mol. The standard InChI is InChI=1S/C10H6FN5S/c11-6-2-1-3-7(4-6)16-9-8(14-15-16)10(17)13-5-12-9/h1-5H,(H,12,13,17). The molecule has 0 fully saturated rings. The van der Waals surface area contributed by atoms with Crippen LogP contribution in [0.3, 0.4) is 0 Å². The van der Waals surface area contributed by atoms with Crippen LogP contribution in [0, 0.1) is 10.5 Å². The minimum Gasteiger partial charge on any atom is -0.329 e. The Bertz CT molecular complexity index is 748. The van der Waals surface area contributed by atoms with Crippen LogP contribution in [-0.2, 0) is 0 Å². The highest BCUT2D eigenvalue weighted by molar-refractivity contribution is 7.71. The number of hydrogen-bond acceptors (Lipinski definition) is 4. The second-order valence-corrected chi connectivity index (χ2v) is 3.77. The molecule has 2 heterocycles. The predicted octanol–water partition coefficient (Wildman–Crippen LogP) is 2.01. The topological polar surface area (TPSA) is 59.4 Å². The molecular weight excluding hydrogens is 241 g/mol. The maximum atomic E-state index is 13.1. The minimum absolute atomic E-state index is 0.334. The summed E-state index contributed by atoms with van der Waals surface area (Å²) in [5.74, 6) is -0.334. The fraction of sp³-hybridized carbons (Fsp3) is 0. The van der Waals surface area contributed by atoms with Crippen molar-refractivity contribution in [2.45, 2.75) is 0 Å². The summed E-state index contributed by atoms with van der Waals surface area (Å²) in [6, 6.07) is 6.07. The van der Waals surface area contributed by atoms with Crippen molar-refractivity contribution in [2.75, 3.05) is 0 Å². The first-order valence-corrected chi connectivity index (χ1v) is 5.21. The zero-order valence-electron chi connectivity index (χ0n) is 8.46. The molecular formula is C10H6FN5S. The van der Waals surface area contributed by atoms with E-state index in [2.05, 4.69) is 20.3 Å². The van der Waals surface area contributed by atoms with Gasteiger partial charge in [-0.15, -0.1) is 5.10 Å². The van der Waals surface area contributed by atoms with Gasteiger partial charge in [-0.25, -0.2) is 9.37 Å². The van der Waals surface area contributed by atoms with E-state index >= 15 is 0 Å². The van der Waals surface area contributed by atoms with E-state index in [0.717, 1.165) is 0 Å². The molecule has 0 saturated heterocycles. The van der Waals surface area contributed by atoms with E-state index < -0.39 is 0 Å². The number of nitrogens with zero attached hydrogens (tertiary/aromatic N) is 4. The average molecular weight is 247 g/mol. The molecule has 1 aromatic carbocycles. The Balaban J connectivity index is 2.32. The lowest BCUT2D eigenvalue weighted by atomic mass is 10.3. The fourth-order valence-electron chi connectivity index (χ4n) is 1.56. The molecule has 0 amide bonds. The maximum absolute atomic E-state index is 13.1. The molecule has 0 aliphatic carbocycles. The Morgan fingerprint density at radius 1 is 1.35 bits per heavy atom. The van der Waals surface area contributed by atoms with Gasteiger partial charge in [-0.05, 0) is 18.2 Å². The van der Waals surface area contributed by atoms with Crippen molar-refractivity contribution in [1.82, 2.24) is 25.0 Å². The van der Waals surface area contributed by atoms with E-state index in [1.807, 2.05) is 0 Å². The Morgan fingerprint density at radius 3 is 3.06 bits per heavy atom. The molecule has 84 valence electrons. The van der Waals surface area contributed by atoms with Crippen LogP contribution >= 0.6 is 12.2 Å². The highest BCUT2D eigenvalue weighted by atomic mass is 32.1. The van der Waals surface area contributed by atoms with E-state index in [9.17, 15) is 4.39 Å². The number of hydrogen-bond donors (Lipinski definition) is 1. The summed E-state index contributed by atoms with van der Waals surface area (Å²) < 4.78 is 15.0. The van der Waals surface area contributed by atoms with Crippen molar-refractivity contribution in [1.29, 1.82) is 0 Å². The summed E-state index contributed by atoms with van der Waals surface area (Å²) in [6.07, 6.45) is 1.46. The van der Waals surface area contributed by atoms with Crippen LogP contribution in [0.2, 0.25) is 0 Å². The maximum Gasteiger partial charge on any atom is 0.167 e. The monoisotopic (exact) mass is 247 g/mol. The fourth-order valence-corrected chi connectivity index (χ4v) is 1.75. The molecule has 3 rings (SSSR count). The van der Waals surface area contributed by atoms with E-state index in [1.165, 1.54) is 23.1 Å². The van der Waals surface area contributed by atoms with Gasteiger partial charge in [0.1, 0.15) is 5.82 Å². The minimum atomic E-state index is -0.334. The molecule has 3 aromatic rings. The third kappa shape index (κ3) is 1.60. The van der Waals surface area contributed by atoms with Gasteiger partial charge >= 0.3 is 0 Å². The summed E-state index contributed by atoms with van der Waals surface area (Å²) in [5.41, 5.74) is 1.66. The molecule has 0 spiro atoms. The van der Waals surface area contributed by atoms with Crippen LogP contribution in [0.5, 0.6) is 0 Å². The Kier molecular flexibility index (Phi) is 2.19. The van der Waals surface area contributed by atoms with E-state index in [-0.39, 0.29) is 5.82 Å². The molecule has 0 atom stereocenters. The van der Waals surface area contributed by atoms with Crippen molar-refractivity contribution in [3.63, 3.8) is 0 Å². The number of fused-ring (bicyclic) bond motifs is 1.